The van der Waals surface area contributed by atoms with E-state index < -0.39 is 5.97 Å². The lowest BCUT2D eigenvalue weighted by Gasteiger charge is -2.27. The minimum absolute atomic E-state index is 0.112. The highest BCUT2D eigenvalue weighted by atomic mass is 16.5. The molecule has 1 aliphatic rings. The van der Waals surface area contributed by atoms with Gasteiger partial charge >= 0.3 is 5.97 Å². The summed E-state index contributed by atoms with van der Waals surface area (Å²) in [6.07, 6.45) is 6.20. The van der Waals surface area contributed by atoms with E-state index in [0.29, 0.717) is 54.3 Å². The van der Waals surface area contributed by atoms with E-state index in [0.717, 1.165) is 31.4 Å². The summed E-state index contributed by atoms with van der Waals surface area (Å²) < 4.78 is 13.0. The molecular weight excluding hydrogens is 438 g/mol. The van der Waals surface area contributed by atoms with Gasteiger partial charge in [-0.15, -0.1) is 5.10 Å². The van der Waals surface area contributed by atoms with Crippen LogP contribution in [0.1, 0.15) is 57.5 Å². The third-order valence-corrected chi connectivity index (χ3v) is 6.02. The molecule has 1 saturated carbocycles. The zero-order chi connectivity index (χ0) is 24.1. The predicted molar refractivity (Wildman–Crippen MR) is 123 cm³/mol. The van der Waals surface area contributed by atoms with Gasteiger partial charge in [0.05, 0.1) is 36.2 Å². The minimum Gasteiger partial charge on any atom is -0.489 e. The first-order valence-corrected chi connectivity index (χ1v) is 11.7. The first kappa shape index (κ1) is 23.7. The highest BCUT2D eigenvalue weighted by molar-refractivity contribution is 5.70. The number of aliphatic carboxylic acids is 1. The minimum atomic E-state index is -0.752. The van der Waals surface area contributed by atoms with Gasteiger partial charge in [0.25, 0.3) is 5.95 Å². The van der Waals surface area contributed by atoms with Crippen LogP contribution >= 0.6 is 0 Å². The lowest BCUT2D eigenvalue weighted by molar-refractivity contribution is -0.143. The molecule has 0 spiro atoms. The Balaban J connectivity index is 1.38. The molecule has 3 aromatic rings. The Labute approximate surface area is 197 Å². The van der Waals surface area contributed by atoms with Gasteiger partial charge in [-0.3, -0.25) is 9.78 Å². The Morgan fingerprint density at radius 1 is 1.35 bits per heavy atom. The first-order chi connectivity index (χ1) is 16.4. The van der Waals surface area contributed by atoms with Crippen molar-refractivity contribution in [3.05, 3.63) is 29.9 Å². The Kier molecular flexibility index (Phi) is 7.39. The second-order valence-electron chi connectivity index (χ2n) is 9.13. The molecule has 3 heterocycles. The summed E-state index contributed by atoms with van der Waals surface area (Å²) in [6.45, 7) is 4.72. The van der Waals surface area contributed by atoms with E-state index in [1.807, 2.05) is 19.2 Å². The van der Waals surface area contributed by atoms with Gasteiger partial charge in [0, 0.05) is 13.5 Å². The van der Waals surface area contributed by atoms with Gasteiger partial charge in [0.2, 0.25) is 5.89 Å². The van der Waals surface area contributed by atoms with Crippen LogP contribution in [0.25, 0.3) is 11.4 Å². The lowest BCUT2D eigenvalue weighted by Crippen LogP contribution is -2.29. The van der Waals surface area contributed by atoms with Crippen molar-refractivity contribution in [2.24, 2.45) is 18.9 Å². The molecule has 182 valence electrons. The number of rotatable bonds is 10. The number of aryl methyl sites for hydroxylation is 2. The normalized spacial score (nSPS) is 18.2. The van der Waals surface area contributed by atoms with Crippen LogP contribution in [0.15, 0.2) is 22.9 Å². The van der Waals surface area contributed by atoms with Crippen LogP contribution in [0, 0.1) is 11.8 Å². The number of anilines is 1. The number of pyridine rings is 1. The third-order valence-electron chi connectivity index (χ3n) is 6.02. The average Bonchev–Trinajstić information content (AvgIpc) is 3.43. The van der Waals surface area contributed by atoms with Crippen LogP contribution in [0.3, 0.4) is 0 Å². The van der Waals surface area contributed by atoms with Gasteiger partial charge in [0.15, 0.2) is 0 Å². The largest absolute Gasteiger partial charge is 0.489 e. The fourth-order valence-corrected chi connectivity index (χ4v) is 4.04. The Morgan fingerprint density at radius 3 is 2.94 bits per heavy atom. The molecule has 0 aromatic carbocycles. The molecule has 11 nitrogen and oxygen atoms in total. The van der Waals surface area contributed by atoms with E-state index in [-0.39, 0.29) is 12.0 Å². The number of carboxylic acid groups (broad SMARTS) is 1. The van der Waals surface area contributed by atoms with Crippen molar-refractivity contribution in [3.63, 3.8) is 0 Å². The number of carbonyl (C=O) groups is 1. The van der Waals surface area contributed by atoms with E-state index in [1.165, 1.54) is 0 Å². The SMILES string of the molecule is CC(C)CCc1nc(NCc2c(-c3ccc(OC4CCC[C@H](C(=O)O)C4)cn3)nnn2C)no1. The molecule has 4 rings (SSSR count). The summed E-state index contributed by atoms with van der Waals surface area (Å²) in [4.78, 5) is 20.2. The lowest BCUT2D eigenvalue weighted by atomic mass is 9.87. The number of ether oxygens (including phenoxy) is 1. The molecule has 34 heavy (non-hydrogen) atoms. The van der Waals surface area contributed by atoms with Crippen LogP contribution in [-0.4, -0.2) is 47.3 Å². The van der Waals surface area contributed by atoms with Crippen LogP contribution in [0.4, 0.5) is 5.95 Å². The average molecular weight is 470 g/mol. The molecule has 0 saturated heterocycles. The molecule has 1 unspecified atom stereocenters. The summed E-state index contributed by atoms with van der Waals surface area (Å²) in [7, 11) is 1.82. The summed E-state index contributed by atoms with van der Waals surface area (Å²) in [6, 6.07) is 3.66. The maximum atomic E-state index is 11.3. The standard InChI is InChI=1S/C23H31N7O4/c1-14(2)7-10-20-26-23(28-34-20)25-13-19-21(27-29-30(19)3)18-9-8-17(12-24-18)33-16-6-4-5-15(11-16)22(31)32/h8-9,12,14-16H,4-7,10-11,13H2,1-3H3,(H,25,28)(H,31,32)/t15-,16?/m0/s1. The molecule has 2 N–H and O–H groups in total. The maximum absolute atomic E-state index is 11.3. The fourth-order valence-electron chi connectivity index (χ4n) is 4.04. The van der Waals surface area contributed by atoms with Gasteiger partial charge in [-0.25, -0.2) is 4.68 Å². The van der Waals surface area contributed by atoms with Crippen LogP contribution in [-0.2, 0) is 24.8 Å². The third kappa shape index (κ3) is 5.89. The number of carboxylic acids is 1. The van der Waals surface area contributed by atoms with Gasteiger partial charge < -0.3 is 19.7 Å². The van der Waals surface area contributed by atoms with Gasteiger partial charge in [-0.2, -0.15) is 4.98 Å². The summed E-state index contributed by atoms with van der Waals surface area (Å²) in [5, 5.41) is 24.8. The van der Waals surface area contributed by atoms with E-state index in [4.69, 9.17) is 9.26 Å². The second kappa shape index (κ2) is 10.6. The summed E-state index contributed by atoms with van der Waals surface area (Å²) >= 11 is 0. The van der Waals surface area contributed by atoms with E-state index in [1.54, 1.807) is 10.9 Å². The molecule has 0 bridgehead atoms. The van der Waals surface area contributed by atoms with Crippen molar-refractivity contribution in [2.75, 3.05) is 5.32 Å². The van der Waals surface area contributed by atoms with Gasteiger partial charge in [0.1, 0.15) is 11.4 Å². The van der Waals surface area contributed by atoms with Crippen molar-refractivity contribution in [3.8, 4) is 17.1 Å². The van der Waals surface area contributed by atoms with Crippen molar-refractivity contribution in [1.29, 1.82) is 0 Å². The zero-order valence-corrected chi connectivity index (χ0v) is 19.8. The van der Waals surface area contributed by atoms with Crippen molar-refractivity contribution >= 4 is 11.9 Å². The molecule has 3 aromatic heterocycles. The van der Waals surface area contributed by atoms with E-state index in [9.17, 15) is 9.90 Å². The van der Waals surface area contributed by atoms with E-state index in [2.05, 4.69) is 44.6 Å². The number of aromatic nitrogens is 6. The van der Waals surface area contributed by atoms with Crippen molar-refractivity contribution in [2.45, 2.75) is 65.0 Å². The summed E-state index contributed by atoms with van der Waals surface area (Å²) in [5.74, 6) is 1.13. The number of nitrogens with zero attached hydrogens (tertiary/aromatic N) is 6. The Morgan fingerprint density at radius 2 is 2.21 bits per heavy atom. The molecule has 1 fully saturated rings. The Hall–Kier alpha value is -3.50. The molecular formula is C23H31N7O4. The van der Waals surface area contributed by atoms with E-state index >= 15 is 0 Å². The number of hydrogen-bond acceptors (Lipinski definition) is 9. The maximum Gasteiger partial charge on any atom is 0.306 e. The molecule has 11 heteroatoms. The predicted octanol–water partition coefficient (Wildman–Crippen LogP) is 3.48. The molecule has 0 radical (unpaired) electrons. The topological polar surface area (TPSA) is 141 Å². The highest BCUT2D eigenvalue weighted by Gasteiger charge is 2.28. The number of nitrogens with one attached hydrogen (secondary N) is 1. The fraction of sp³-hybridized carbons (Fsp3) is 0.565. The van der Waals surface area contributed by atoms with Gasteiger partial charge in [-0.05, 0) is 55.3 Å². The van der Waals surface area contributed by atoms with Crippen molar-refractivity contribution in [1.82, 2.24) is 30.1 Å². The molecule has 1 aliphatic carbocycles. The Bertz CT molecular complexity index is 1090. The first-order valence-electron chi connectivity index (χ1n) is 11.7. The molecule has 0 amide bonds. The number of hydrogen-bond donors (Lipinski definition) is 2. The van der Waals surface area contributed by atoms with Crippen molar-refractivity contribution < 1.29 is 19.2 Å². The zero-order valence-electron chi connectivity index (χ0n) is 19.8. The molecule has 0 aliphatic heterocycles. The van der Waals surface area contributed by atoms with Crippen LogP contribution < -0.4 is 10.1 Å². The molecule has 2 atom stereocenters. The summed E-state index contributed by atoms with van der Waals surface area (Å²) in [5.41, 5.74) is 2.13. The van der Waals surface area contributed by atoms with Gasteiger partial charge in [-0.1, -0.05) is 19.1 Å². The van der Waals surface area contributed by atoms with Crippen LogP contribution in [0.5, 0.6) is 5.75 Å². The quantitative estimate of drug-likeness (QED) is 0.453. The van der Waals surface area contributed by atoms with Crippen LogP contribution in [0.2, 0.25) is 0 Å². The highest BCUT2D eigenvalue weighted by Crippen LogP contribution is 2.29. The smallest absolute Gasteiger partial charge is 0.306 e. The second-order valence-corrected chi connectivity index (χ2v) is 9.13. The monoisotopic (exact) mass is 469 g/mol.